The van der Waals surface area contributed by atoms with Crippen molar-refractivity contribution in [1.82, 2.24) is 10.2 Å². The Labute approximate surface area is 90.9 Å². The molecule has 0 saturated heterocycles. The Bertz CT molecular complexity index is 441. The lowest BCUT2D eigenvalue weighted by Gasteiger charge is -1.95. The van der Waals surface area contributed by atoms with E-state index in [4.69, 9.17) is 16.0 Å². The van der Waals surface area contributed by atoms with Gasteiger partial charge in [-0.05, 0) is 17.7 Å². The Morgan fingerprint density at radius 1 is 1.13 bits per heavy atom. The predicted molar refractivity (Wildman–Crippen MR) is 53.1 cm³/mol. The predicted octanol–water partition coefficient (Wildman–Crippen LogP) is 2.54. The van der Waals surface area contributed by atoms with Crippen molar-refractivity contribution < 1.29 is 8.81 Å². The smallest absolute Gasteiger partial charge is 0.231 e. The fraction of sp³-hybridized carbons (Fsp3) is 0.200. The van der Waals surface area contributed by atoms with E-state index in [9.17, 15) is 4.39 Å². The van der Waals surface area contributed by atoms with E-state index in [0.717, 1.165) is 5.56 Å². The molecule has 0 atom stereocenters. The maximum Gasteiger partial charge on any atom is 0.231 e. The van der Waals surface area contributed by atoms with Crippen LogP contribution in [0.5, 0.6) is 0 Å². The van der Waals surface area contributed by atoms with Crippen LogP contribution >= 0.6 is 11.6 Å². The van der Waals surface area contributed by atoms with Gasteiger partial charge in [-0.3, -0.25) is 0 Å². The number of rotatable bonds is 3. The second kappa shape index (κ2) is 4.40. The molecule has 0 aliphatic rings. The number of benzene rings is 1. The highest BCUT2D eigenvalue weighted by Gasteiger charge is 2.05. The fourth-order valence-electron chi connectivity index (χ4n) is 1.19. The molecule has 0 amide bonds. The molecule has 2 aromatic rings. The highest BCUT2D eigenvalue weighted by atomic mass is 35.5. The molecule has 5 heteroatoms. The summed E-state index contributed by atoms with van der Waals surface area (Å²) < 4.78 is 17.8. The van der Waals surface area contributed by atoms with E-state index >= 15 is 0 Å². The van der Waals surface area contributed by atoms with Crippen molar-refractivity contribution in [2.75, 3.05) is 0 Å². The molecule has 0 bridgehead atoms. The van der Waals surface area contributed by atoms with Crippen molar-refractivity contribution in [2.45, 2.75) is 12.3 Å². The lowest BCUT2D eigenvalue weighted by molar-refractivity contribution is 0.473. The van der Waals surface area contributed by atoms with Crippen LogP contribution in [0.15, 0.2) is 28.7 Å². The lowest BCUT2D eigenvalue weighted by atomic mass is 10.1. The first kappa shape index (κ1) is 10.1. The molecule has 0 aliphatic heterocycles. The summed E-state index contributed by atoms with van der Waals surface area (Å²) in [6, 6.07) is 6.15. The van der Waals surface area contributed by atoms with Crippen LogP contribution < -0.4 is 0 Å². The van der Waals surface area contributed by atoms with E-state index in [2.05, 4.69) is 10.2 Å². The second-order valence-corrected chi connectivity index (χ2v) is 3.29. The number of hydrogen-bond acceptors (Lipinski definition) is 3. The Kier molecular flexibility index (Phi) is 2.97. The van der Waals surface area contributed by atoms with Gasteiger partial charge in [0.05, 0.1) is 6.42 Å². The van der Waals surface area contributed by atoms with Gasteiger partial charge in [0.2, 0.25) is 11.8 Å². The molecule has 2 rings (SSSR count). The quantitative estimate of drug-likeness (QED) is 0.755. The molecule has 0 radical (unpaired) electrons. The number of hydrogen-bond donors (Lipinski definition) is 0. The monoisotopic (exact) mass is 226 g/mol. The van der Waals surface area contributed by atoms with Crippen molar-refractivity contribution >= 4 is 11.6 Å². The molecule has 3 nitrogen and oxygen atoms in total. The van der Waals surface area contributed by atoms with E-state index < -0.39 is 0 Å². The first-order valence-corrected chi connectivity index (χ1v) is 4.93. The highest BCUT2D eigenvalue weighted by molar-refractivity contribution is 6.16. The number of alkyl halides is 1. The lowest BCUT2D eigenvalue weighted by Crippen LogP contribution is -1.88. The van der Waals surface area contributed by atoms with Gasteiger partial charge >= 0.3 is 0 Å². The Morgan fingerprint density at radius 3 is 2.40 bits per heavy atom. The van der Waals surface area contributed by atoms with Crippen molar-refractivity contribution in [1.29, 1.82) is 0 Å². The molecule has 0 N–H and O–H groups in total. The van der Waals surface area contributed by atoms with Crippen LogP contribution in [0, 0.1) is 5.82 Å². The molecule has 0 saturated carbocycles. The van der Waals surface area contributed by atoms with Crippen LogP contribution in [0.1, 0.15) is 17.3 Å². The summed E-state index contributed by atoms with van der Waals surface area (Å²) in [5.41, 5.74) is 0.918. The minimum absolute atomic E-state index is 0.205. The third kappa shape index (κ3) is 2.53. The minimum atomic E-state index is -0.259. The summed E-state index contributed by atoms with van der Waals surface area (Å²) in [7, 11) is 0. The Hall–Kier alpha value is -1.42. The van der Waals surface area contributed by atoms with Crippen molar-refractivity contribution in [2.24, 2.45) is 0 Å². The fourth-order valence-corrected chi connectivity index (χ4v) is 1.30. The van der Waals surface area contributed by atoms with Crippen LogP contribution in [0.4, 0.5) is 4.39 Å². The third-order valence-corrected chi connectivity index (χ3v) is 2.12. The topological polar surface area (TPSA) is 38.9 Å². The standard InChI is InChI=1S/C10H8ClFN2O/c11-6-10-14-13-9(15-10)5-7-1-3-8(12)4-2-7/h1-4H,5-6H2. The van der Waals surface area contributed by atoms with Gasteiger partial charge in [-0.15, -0.1) is 21.8 Å². The summed E-state index contributed by atoms with van der Waals surface area (Å²) in [6.07, 6.45) is 0.490. The summed E-state index contributed by atoms with van der Waals surface area (Å²) in [6.45, 7) is 0. The van der Waals surface area contributed by atoms with E-state index in [-0.39, 0.29) is 11.7 Å². The van der Waals surface area contributed by atoms with Crippen LogP contribution in [0.25, 0.3) is 0 Å². The van der Waals surface area contributed by atoms with Gasteiger partial charge in [-0.1, -0.05) is 12.1 Å². The summed E-state index contributed by atoms with van der Waals surface area (Å²) >= 11 is 5.52. The third-order valence-electron chi connectivity index (χ3n) is 1.89. The van der Waals surface area contributed by atoms with Crippen molar-refractivity contribution in [3.63, 3.8) is 0 Å². The second-order valence-electron chi connectivity index (χ2n) is 3.03. The van der Waals surface area contributed by atoms with Gasteiger partial charge < -0.3 is 4.42 Å². The largest absolute Gasteiger partial charge is 0.424 e. The minimum Gasteiger partial charge on any atom is -0.424 e. The zero-order valence-electron chi connectivity index (χ0n) is 7.78. The Morgan fingerprint density at radius 2 is 1.80 bits per heavy atom. The van der Waals surface area contributed by atoms with Gasteiger partial charge in [0.15, 0.2) is 0 Å². The first-order chi connectivity index (χ1) is 7.28. The molecular weight excluding hydrogens is 219 g/mol. The molecular formula is C10H8ClFN2O. The SMILES string of the molecule is Fc1ccc(Cc2nnc(CCl)o2)cc1. The van der Waals surface area contributed by atoms with Gasteiger partial charge in [0, 0.05) is 0 Å². The average Bonchev–Trinajstić information content (AvgIpc) is 2.69. The van der Waals surface area contributed by atoms with Crippen LogP contribution in [-0.2, 0) is 12.3 Å². The van der Waals surface area contributed by atoms with Crippen LogP contribution in [0.3, 0.4) is 0 Å². The van der Waals surface area contributed by atoms with Gasteiger partial charge in [0.25, 0.3) is 0 Å². The van der Waals surface area contributed by atoms with Gasteiger partial charge in [-0.2, -0.15) is 0 Å². The summed E-state index contributed by atoms with van der Waals surface area (Å²) in [4.78, 5) is 0. The zero-order valence-corrected chi connectivity index (χ0v) is 8.54. The average molecular weight is 227 g/mol. The summed E-state index contributed by atoms with van der Waals surface area (Å²) in [5.74, 6) is 0.827. The van der Waals surface area contributed by atoms with E-state index in [1.165, 1.54) is 12.1 Å². The van der Waals surface area contributed by atoms with E-state index in [1.54, 1.807) is 12.1 Å². The zero-order chi connectivity index (χ0) is 10.7. The Balaban J connectivity index is 2.11. The van der Waals surface area contributed by atoms with Gasteiger partial charge in [0.1, 0.15) is 11.7 Å². The van der Waals surface area contributed by atoms with E-state index in [0.29, 0.717) is 18.2 Å². The first-order valence-electron chi connectivity index (χ1n) is 4.39. The molecule has 1 aromatic carbocycles. The summed E-state index contributed by atoms with van der Waals surface area (Å²) in [5, 5.41) is 7.54. The van der Waals surface area contributed by atoms with E-state index in [1.807, 2.05) is 0 Å². The molecule has 0 fully saturated rings. The van der Waals surface area contributed by atoms with Gasteiger partial charge in [-0.25, -0.2) is 4.39 Å². The number of halogens is 2. The number of nitrogens with zero attached hydrogens (tertiary/aromatic N) is 2. The molecule has 0 unspecified atom stereocenters. The van der Waals surface area contributed by atoms with Crippen molar-refractivity contribution in [3.8, 4) is 0 Å². The normalized spacial score (nSPS) is 10.5. The number of aromatic nitrogens is 2. The molecule has 1 aromatic heterocycles. The molecule has 15 heavy (non-hydrogen) atoms. The molecule has 0 aliphatic carbocycles. The highest BCUT2D eigenvalue weighted by Crippen LogP contribution is 2.10. The maximum atomic E-state index is 12.6. The molecule has 0 spiro atoms. The van der Waals surface area contributed by atoms with Crippen LogP contribution in [0.2, 0.25) is 0 Å². The van der Waals surface area contributed by atoms with Crippen molar-refractivity contribution in [3.05, 3.63) is 47.4 Å². The molecule has 1 heterocycles. The van der Waals surface area contributed by atoms with Crippen LogP contribution in [-0.4, -0.2) is 10.2 Å². The maximum absolute atomic E-state index is 12.6. The molecule has 78 valence electrons.